The quantitative estimate of drug-likeness (QED) is 0.0702. The van der Waals surface area contributed by atoms with Gasteiger partial charge >= 0.3 is 24.3 Å². The number of hydrogen-bond donors (Lipinski definition) is 1. The Morgan fingerprint density at radius 3 is 1.32 bits per heavy atom. The molecule has 8 nitrogen and oxygen atoms in total. The minimum Gasteiger partial charge on any atom is -0.489 e. The van der Waals surface area contributed by atoms with Crippen molar-refractivity contribution < 1.29 is 64.7 Å². The zero-order valence-corrected chi connectivity index (χ0v) is 38.4. The average Bonchev–Trinajstić information content (AvgIpc) is 3.26. The van der Waals surface area contributed by atoms with Gasteiger partial charge in [0.2, 0.25) is 0 Å². The minimum absolute atomic E-state index is 0.150. The van der Waals surface area contributed by atoms with Gasteiger partial charge in [0.05, 0.1) is 27.8 Å². The molecule has 0 amide bonds. The highest BCUT2D eigenvalue weighted by atomic mass is 35.5. The lowest BCUT2D eigenvalue weighted by Gasteiger charge is -2.12. The number of carboxylic acid groups (broad SMARTS) is 1. The molecule has 6 aromatic rings. The molecule has 0 aliphatic rings. The van der Waals surface area contributed by atoms with Crippen LogP contribution in [0.2, 0.25) is 10.0 Å². The van der Waals surface area contributed by atoms with Crippen LogP contribution in [-0.2, 0) is 39.9 Å². The summed E-state index contributed by atoms with van der Waals surface area (Å²) >= 11 is 15.7. The third-order valence-electron chi connectivity index (χ3n) is 8.92. The smallest absolute Gasteiger partial charge is 0.416 e. The lowest BCUT2D eigenvalue weighted by Crippen LogP contribution is -2.14. The van der Waals surface area contributed by atoms with E-state index in [9.17, 15) is 35.9 Å². The number of carbonyl (C=O) groups excluding carboxylic acids is 1. The molecule has 0 spiro atoms. The number of carboxylic acids is 1. The maximum Gasteiger partial charge on any atom is 0.416 e. The highest BCUT2D eigenvalue weighted by Gasteiger charge is 2.31. The van der Waals surface area contributed by atoms with Crippen molar-refractivity contribution in [1.82, 2.24) is 0 Å². The van der Waals surface area contributed by atoms with Gasteiger partial charge in [-0.1, -0.05) is 58.9 Å². The Labute approximate surface area is 395 Å². The highest BCUT2D eigenvalue weighted by molar-refractivity contribution is 7.99. The highest BCUT2D eigenvalue weighted by Crippen LogP contribution is 2.38. The molecule has 6 rings (SSSR count). The molecule has 18 heteroatoms. The zero-order chi connectivity index (χ0) is 48.0. The molecule has 0 fully saturated rings. The molecule has 66 heavy (non-hydrogen) atoms. The van der Waals surface area contributed by atoms with Crippen LogP contribution in [0.1, 0.15) is 40.3 Å². The lowest BCUT2D eigenvalue weighted by atomic mass is 10.2. The summed E-state index contributed by atoms with van der Waals surface area (Å²) in [4.78, 5) is 25.6. The van der Waals surface area contributed by atoms with Gasteiger partial charge in [-0.25, -0.2) is 9.59 Å². The number of hydrogen-bond acceptors (Lipinski definition) is 9. The van der Waals surface area contributed by atoms with E-state index in [4.69, 9.17) is 52.0 Å². The molecular formula is C48H40Cl2F6O8S2. The molecule has 6 aromatic carbocycles. The Balaban J connectivity index is 0.000000248. The third kappa shape index (κ3) is 16.0. The number of rotatable bonds is 17. The fraction of sp³-hybridized carbons (Fsp3) is 0.208. The fourth-order valence-corrected chi connectivity index (χ4v) is 8.15. The van der Waals surface area contributed by atoms with Crippen LogP contribution in [-0.4, -0.2) is 36.9 Å². The number of benzene rings is 6. The Morgan fingerprint density at radius 1 is 0.561 bits per heavy atom. The number of alkyl halides is 6. The first kappa shape index (κ1) is 51.3. The first-order chi connectivity index (χ1) is 31.3. The minimum atomic E-state index is -4.39. The van der Waals surface area contributed by atoms with Crippen LogP contribution in [0.25, 0.3) is 0 Å². The van der Waals surface area contributed by atoms with E-state index in [0.717, 1.165) is 66.1 Å². The first-order valence-corrected chi connectivity index (χ1v) is 22.0. The van der Waals surface area contributed by atoms with Crippen molar-refractivity contribution >= 4 is 58.7 Å². The molecule has 0 aliphatic heterocycles. The number of aliphatic carboxylic acids is 1. The third-order valence-corrected chi connectivity index (χ3v) is 11.9. The lowest BCUT2D eigenvalue weighted by molar-refractivity contribution is -0.145. The Hall–Kier alpha value is -5.68. The molecule has 348 valence electrons. The number of esters is 1. The maximum absolute atomic E-state index is 12.7. The van der Waals surface area contributed by atoms with Crippen molar-refractivity contribution in [2.75, 3.05) is 19.8 Å². The van der Waals surface area contributed by atoms with Gasteiger partial charge in [0.15, 0.2) is 13.2 Å². The van der Waals surface area contributed by atoms with E-state index in [1.807, 2.05) is 62.4 Å². The van der Waals surface area contributed by atoms with E-state index < -0.39 is 42.0 Å². The van der Waals surface area contributed by atoms with Gasteiger partial charge in [-0.3, -0.25) is 0 Å². The summed E-state index contributed by atoms with van der Waals surface area (Å²) in [6.07, 6.45) is -8.77. The molecule has 1 N–H and O–H groups in total. The van der Waals surface area contributed by atoms with E-state index in [-0.39, 0.29) is 19.8 Å². The van der Waals surface area contributed by atoms with E-state index in [2.05, 4.69) is 0 Å². The predicted molar refractivity (Wildman–Crippen MR) is 240 cm³/mol. The summed E-state index contributed by atoms with van der Waals surface area (Å²) in [5.74, 6) is 0.293. The second-order valence-electron chi connectivity index (χ2n) is 14.0. The van der Waals surface area contributed by atoms with Crippen molar-refractivity contribution in [3.63, 3.8) is 0 Å². The molecule has 0 aromatic heterocycles. The molecule has 0 unspecified atom stereocenters. The maximum atomic E-state index is 12.7. The molecule has 0 saturated heterocycles. The first-order valence-electron chi connectivity index (χ1n) is 19.6. The van der Waals surface area contributed by atoms with E-state index in [0.29, 0.717) is 39.7 Å². The zero-order valence-electron chi connectivity index (χ0n) is 35.2. The topological polar surface area (TPSA) is 101 Å². The number of carbonyl (C=O) groups is 2. The van der Waals surface area contributed by atoms with Crippen molar-refractivity contribution in [1.29, 1.82) is 0 Å². The van der Waals surface area contributed by atoms with Gasteiger partial charge in [0, 0.05) is 19.6 Å². The van der Waals surface area contributed by atoms with Crippen molar-refractivity contribution in [2.45, 2.75) is 65.9 Å². The molecule has 0 aliphatic carbocycles. The predicted octanol–water partition coefficient (Wildman–Crippen LogP) is 14.2. The molecule has 0 heterocycles. The van der Waals surface area contributed by atoms with E-state index >= 15 is 0 Å². The number of halogens is 8. The van der Waals surface area contributed by atoms with E-state index in [1.165, 1.54) is 47.8 Å². The normalized spacial score (nSPS) is 11.3. The average molecular weight is 994 g/mol. The standard InChI is InChI=1S/C25H22ClF3O4S.C23H18ClF3O4S/c1-3-31-24(30)15-33-22-10-9-20(12-16(22)2)34-23-11-4-17(13-21(23)26)14-32-19-7-5-18(6-8-19)25(27,28)29;1-14-10-18(7-8-20(14)31-13-22(28)29)32-21-9-2-15(11-19(21)24)12-30-17-5-3-16(4-6-17)23(25,26)27/h4-13H,3,14-15H2,1-2H3;2-11H,12-13H2,1H3,(H,28,29). The van der Waals surface area contributed by atoms with Crippen LogP contribution in [0.4, 0.5) is 26.3 Å². The second kappa shape index (κ2) is 23.7. The fourth-order valence-electron chi connectivity index (χ4n) is 5.67. The summed E-state index contributed by atoms with van der Waals surface area (Å²) in [6.45, 7) is 5.51. The van der Waals surface area contributed by atoms with Crippen molar-refractivity contribution in [3.05, 3.63) is 165 Å². The summed E-state index contributed by atoms with van der Waals surface area (Å²) < 4.78 is 103. The van der Waals surface area contributed by atoms with Gasteiger partial charge in [-0.15, -0.1) is 0 Å². The van der Waals surface area contributed by atoms with Crippen LogP contribution < -0.4 is 18.9 Å². The van der Waals surface area contributed by atoms with Crippen molar-refractivity contribution in [2.24, 2.45) is 0 Å². The molecule has 0 bridgehead atoms. The van der Waals surface area contributed by atoms with Crippen LogP contribution in [0.15, 0.2) is 141 Å². The largest absolute Gasteiger partial charge is 0.489 e. The summed E-state index contributed by atoms with van der Waals surface area (Å²) in [5.41, 5.74) is 1.77. The van der Waals surface area contributed by atoms with Gasteiger partial charge in [-0.05, 0) is 152 Å². The van der Waals surface area contributed by atoms with Crippen LogP contribution in [0, 0.1) is 13.8 Å². The van der Waals surface area contributed by atoms with Gasteiger partial charge in [0.1, 0.15) is 36.2 Å². The molecular weight excluding hydrogens is 954 g/mol. The van der Waals surface area contributed by atoms with Crippen LogP contribution in [0.3, 0.4) is 0 Å². The van der Waals surface area contributed by atoms with Gasteiger partial charge in [0.25, 0.3) is 0 Å². The monoisotopic (exact) mass is 992 g/mol. The molecule has 0 atom stereocenters. The Morgan fingerprint density at radius 2 is 0.970 bits per heavy atom. The molecule has 0 radical (unpaired) electrons. The Kier molecular flexibility index (Phi) is 18.4. The van der Waals surface area contributed by atoms with Crippen molar-refractivity contribution in [3.8, 4) is 23.0 Å². The number of aryl methyl sites for hydroxylation is 2. The van der Waals surface area contributed by atoms with Gasteiger partial charge < -0.3 is 28.8 Å². The molecule has 0 saturated carbocycles. The second-order valence-corrected chi connectivity index (χ2v) is 17.0. The van der Waals surface area contributed by atoms with Crippen LogP contribution in [0.5, 0.6) is 23.0 Å². The summed E-state index contributed by atoms with van der Waals surface area (Å²) in [5, 5.41) is 9.75. The van der Waals surface area contributed by atoms with Gasteiger partial charge in [-0.2, -0.15) is 26.3 Å². The number of ether oxygens (including phenoxy) is 5. The summed E-state index contributed by atoms with van der Waals surface area (Å²) in [7, 11) is 0. The Bertz CT molecular complexity index is 2590. The van der Waals surface area contributed by atoms with E-state index in [1.54, 1.807) is 31.2 Å². The summed E-state index contributed by atoms with van der Waals surface area (Å²) in [6, 6.07) is 30.9. The van der Waals surface area contributed by atoms with Crippen LogP contribution >= 0.6 is 46.7 Å². The SMILES string of the molecule is CCOC(=O)COc1ccc(Sc2ccc(COc3ccc(C(F)(F)F)cc3)cc2Cl)cc1C.Cc1cc(Sc2ccc(COc3ccc(C(F)(F)F)cc3)cc2Cl)ccc1OCC(=O)O.